The van der Waals surface area contributed by atoms with E-state index in [0.29, 0.717) is 6.42 Å². The zero-order chi connectivity index (χ0) is 8.69. The van der Waals surface area contributed by atoms with Gasteiger partial charge in [0.2, 0.25) is 0 Å². The fourth-order valence-corrected chi connectivity index (χ4v) is 0.830. The van der Waals surface area contributed by atoms with Crippen molar-refractivity contribution in [3.05, 3.63) is 0 Å². The SMILES string of the molecule is CCC(CC(=O)O)NCCF. The van der Waals surface area contributed by atoms with Crippen LogP contribution in [0, 0.1) is 0 Å². The second-order valence-electron chi connectivity index (χ2n) is 2.35. The van der Waals surface area contributed by atoms with Crippen LogP contribution in [-0.2, 0) is 4.79 Å². The summed E-state index contributed by atoms with van der Waals surface area (Å²) in [7, 11) is 0. The Kier molecular flexibility index (Phi) is 5.74. The average Bonchev–Trinajstić information content (AvgIpc) is 1.97. The molecule has 1 unspecified atom stereocenters. The van der Waals surface area contributed by atoms with E-state index in [1.165, 1.54) is 0 Å². The quantitative estimate of drug-likeness (QED) is 0.609. The van der Waals surface area contributed by atoms with E-state index in [-0.39, 0.29) is 19.0 Å². The first-order chi connectivity index (χ1) is 5.20. The van der Waals surface area contributed by atoms with Gasteiger partial charge < -0.3 is 10.4 Å². The minimum Gasteiger partial charge on any atom is -0.481 e. The molecular formula is C7H14FNO2. The fraction of sp³-hybridized carbons (Fsp3) is 0.857. The standard InChI is InChI=1S/C7H14FNO2/c1-2-6(5-7(10)11)9-4-3-8/h6,9H,2-5H2,1H3,(H,10,11). The molecular weight excluding hydrogens is 149 g/mol. The molecule has 0 aliphatic rings. The number of halogens is 1. The fourth-order valence-electron chi connectivity index (χ4n) is 0.830. The molecule has 0 aromatic carbocycles. The monoisotopic (exact) mass is 163 g/mol. The molecule has 4 heteroatoms. The number of hydrogen-bond donors (Lipinski definition) is 2. The largest absolute Gasteiger partial charge is 0.481 e. The third-order valence-electron chi connectivity index (χ3n) is 1.44. The molecule has 3 nitrogen and oxygen atoms in total. The Morgan fingerprint density at radius 3 is 2.73 bits per heavy atom. The molecule has 0 aliphatic carbocycles. The summed E-state index contributed by atoms with van der Waals surface area (Å²) in [4.78, 5) is 10.2. The van der Waals surface area contributed by atoms with Crippen LogP contribution in [0.1, 0.15) is 19.8 Å². The average molecular weight is 163 g/mol. The lowest BCUT2D eigenvalue weighted by molar-refractivity contribution is -0.137. The summed E-state index contributed by atoms with van der Waals surface area (Å²) in [5, 5.41) is 11.2. The van der Waals surface area contributed by atoms with Gasteiger partial charge in [0, 0.05) is 12.6 Å². The second-order valence-corrected chi connectivity index (χ2v) is 2.35. The van der Waals surface area contributed by atoms with E-state index in [1.807, 2.05) is 6.92 Å². The van der Waals surface area contributed by atoms with Gasteiger partial charge in [-0.05, 0) is 6.42 Å². The summed E-state index contributed by atoms with van der Waals surface area (Å²) in [5.41, 5.74) is 0. The van der Waals surface area contributed by atoms with Gasteiger partial charge in [-0.1, -0.05) is 6.92 Å². The zero-order valence-electron chi connectivity index (χ0n) is 6.64. The molecule has 66 valence electrons. The molecule has 0 radical (unpaired) electrons. The van der Waals surface area contributed by atoms with Crippen LogP contribution in [0.15, 0.2) is 0 Å². The van der Waals surface area contributed by atoms with Crippen molar-refractivity contribution in [1.29, 1.82) is 0 Å². The van der Waals surface area contributed by atoms with E-state index < -0.39 is 12.6 Å². The zero-order valence-corrected chi connectivity index (χ0v) is 6.64. The van der Waals surface area contributed by atoms with Crippen molar-refractivity contribution in [1.82, 2.24) is 5.32 Å². The Labute approximate surface area is 65.6 Å². The van der Waals surface area contributed by atoms with Gasteiger partial charge in [0.15, 0.2) is 0 Å². The topological polar surface area (TPSA) is 49.3 Å². The molecule has 0 aromatic rings. The molecule has 0 heterocycles. The molecule has 0 spiro atoms. The summed E-state index contributed by atoms with van der Waals surface area (Å²) in [6.07, 6.45) is 0.781. The highest BCUT2D eigenvalue weighted by Crippen LogP contribution is 1.96. The highest BCUT2D eigenvalue weighted by molar-refractivity contribution is 5.67. The third-order valence-corrected chi connectivity index (χ3v) is 1.44. The van der Waals surface area contributed by atoms with Crippen LogP contribution in [0.25, 0.3) is 0 Å². The number of carboxylic acid groups (broad SMARTS) is 1. The Bertz CT molecular complexity index is 119. The molecule has 0 saturated carbocycles. The molecule has 0 saturated heterocycles. The molecule has 0 aromatic heterocycles. The Morgan fingerprint density at radius 1 is 1.73 bits per heavy atom. The van der Waals surface area contributed by atoms with Crippen LogP contribution in [0.5, 0.6) is 0 Å². The first-order valence-electron chi connectivity index (χ1n) is 3.71. The summed E-state index contributed by atoms with van der Waals surface area (Å²) in [6, 6.07) is -0.0942. The summed E-state index contributed by atoms with van der Waals surface area (Å²) in [5.74, 6) is -0.844. The Balaban J connectivity index is 3.49. The maximum absolute atomic E-state index is 11.6. The van der Waals surface area contributed by atoms with Crippen molar-refractivity contribution < 1.29 is 14.3 Å². The van der Waals surface area contributed by atoms with Gasteiger partial charge >= 0.3 is 5.97 Å². The smallest absolute Gasteiger partial charge is 0.304 e. The number of alkyl halides is 1. The summed E-state index contributed by atoms with van der Waals surface area (Å²) in [6.45, 7) is 1.67. The number of carbonyl (C=O) groups is 1. The summed E-state index contributed by atoms with van der Waals surface area (Å²) < 4.78 is 11.6. The van der Waals surface area contributed by atoms with Gasteiger partial charge in [-0.25, -0.2) is 4.39 Å². The lowest BCUT2D eigenvalue weighted by atomic mass is 10.1. The van der Waals surface area contributed by atoms with E-state index in [0.717, 1.165) is 0 Å². The number of carboxylic acids is 1. The minimum atomic E-state index is -0.844. The first-order valence-corrected chi connectivity index (χ1v) is 3.71. The van der Waals surface area contributed by atoms with Crippen molar-refractivity contribution in [3.8, 4) is 0 Å². The first kappa shape index (κ1) is 10.4. The number of aliphatic carboxylic acids is 1. The summed E-state index contributed by atoms with van der Waals surface area (Å²) >= 11 is 0. The van der Waals surface area contributed by atoms with E-state index in [1.54, 1.807) is 0 Å². The van der Waals surface area contributed by atoms with E-state index in [9.17, 15) is 9.18 Å². The maximum atomic E-state index is 11.6. The highest BCUT2D eigenvalue weighted by Gasteiger charge is 2.08. The maximum Gasteiger partial charge on any atom is 0.304 e. The van der Waals surface area contributed by atoms with E-state index in [2.05, 4.69) is 5.32 Å². The predicted molar refractivity (Wildman–Crippen MR) is 40.3 cm³/mol. The van der Waals surface area contributed by atoms with Crippen LogP contribution < -0.4 is 5.32 Å². The number of hydrogen-bond acceptors (Lipinski definition) is 2. The second kappa shape index (κ2) is 6.09. The Hall–Kier alpha value is -0.640. The van der Waals surface area contributed by atoms with Crippen LogP contribution in [0.2, 0.25) is 0 Å². The van der Waals surface area contributed by atoms with Gasteiger partial charge in [-0.15, -0.1) is 0 Å². The van der Waals surface area contributed by atoms with Crippen molar-refractivity contribution in [2.75, 3.05) is 13.2 Å². The molecule has 0 rings (SSSR count). The number of rotatable bonds is 6. The van der Waals surface area contributed by atoms with Crippen LogP contribution >= 0.6 is 0 Å². The van der Waals surface area contributed by atoms with Gasteiger partial charge in [0.25, 0.3) is 0 Å². The molecule has 0 amide bonds. The van der Waals surface area contributed by atoms with E-state index >= 15 is 0 Å². The van der Waals surface area contributed by atoms with Crippen molar-refractivity contribution in [3.63, 3.8) is 0 Å². The molecule has 11 heavy (non-hydrogen) atoms. The molecule has 2 N–H and O–H groups in total. The van der Waals surface area contributed by atoms with Crippen molar-refractivity contribution in [2.45, 2.75) is 25.8 Å². The lowest BCUT2D eigenvalue weighted by Crippen LogP contribution is -2.32. The van der Waals surface area contributed by atoms with Crippen LogP contribution in [0.3, 0.4) is 0 Å². The third kappa shape index (κ3) is 5.79. The normalized spacial score (nSPS) is 12.9. The minimum absolute atomic E-state index is 0.0660. The van der Waals surface area contributed by atoms with Crippen LogP contribution in [-0.4, -0.2) is 30.3 Å². The van der Waals surface area contributed by atoms with Crippen molar-refractivity contribution in [2.24, 2.45) is 0 Å². The van der Waals surface area contributed by atoms with Gasteiger partial charge in [-0.3, -0.25) is 4.79 Å². The Morgan fingerprint density at radius 2 is 2.36 bits per heavy atom. The van der Waals surface area contributed by atoms with Crippen molar-refractivity contribution >= 4 is 5.97 Å². The van der Waals surface area contributed by atoms with Gasteiger partial charge in [0.05, 0.1) is 6.42 Å². The van der Waals surface area contributed by atoms with Crippen LogP contribution in [0.4, 0.5) is 4.39 Å². The molecule has 0 fully saturated rings. The predicted octanol–water partition coefficient (Wildman–Crippen LogP) is 0.799. The molecule has 1 atom stereocenters. The molecule has 0 bridgehead atoms. The number of nitrogens with one attached hydrogen (secondary N) is 1. The lowest BCUT2D eigenvalue weighted by Gasteiger charge is -2.12. The highest BCUT2D eigenvalue weighted by atomic mass is 19.1. The van der Waals surface area contributed by atoms with Gasteiger partial charge in [0.1, 0.15) is 6.67 Å². The van der Waals surface area contributed by atoms with E-state index in [4.69, 9.17) is 5.11 Å². The van der Waals surface area contributed by atoms with Gasteiger partial charge in [-0.2, -0.15) is 0 Å². The molecule has 0 aliphatic heterocycles.